The maximum Gasteiger partial charge on any atom is 0.408 e. The number of carbonyl (C=O) groups excluding carboxylic acids is 1. The zero-order valence-electron chi connectivity index (χ0n) is 21.8. The summed E-state index contributed by atoms with van der Waals surface area (Å²) in [6.07, 6.45) is 1.58. The molecule has 0 aliphatic heterocycles. The van der Waals surface area contributed by atoms with Crippen molar-refractivity contribution < 1.29 is 28.2 Å². The van der Waals surface area contributed by atoms with Crippen LogP contribution in [0, 0.1) is 0 Å². The van der Waals surface area contributed by atoms with Crippen molar-refractivity contribution >= 4 is 6.09 Å². The summed E-state index contributed by atoms with van der Waals surface area (Å²) in [6, 6.07) is 15.1. The van der Waals surface area contributed by atoms with Gasteiger partial charge in [0.05, 0.1) is 24.9 Å². The summed E-state index contributed by atoms with van der Waals surface area (Å²) in [6.45, 7) is 6.20. The molecule has 0 bridgehead atoms. The molecule has 5 nitrogen and oxygen atoms in total. The van der Waals surface area contributed by atoms with Crippen molar-refractivity contribution in [1.29, 1.82) is 0 Å². The molecular weight excluding hydrogens is 464 g/mol. The molecule has 3 rings (SSSR count). The van der Waals surface area contributed by atoms with Gasteiger partial charge >= 0.3 is 6.09 Å². The highest BCUT2D eigenvalue weighted by atomic mass is 19.1. The van der Waals surface area contributed by atoms with Gasteiger partial charge in [0.2, 0.25) is 0 Å². The van der Waals surface area contributed by atoms with E-state index in [2.05, 4.69) is 17.4 Å². The van der Waals surface area contributed by atoms with Crippen LogP contribution in [0.25, 0.3) is 0 Å². The molecule has 7 heteroatoms. The minimum Gasteiger partial charge on any atom is -0.444 e. The van der Waals surface area contributed by atoms with E-state index in [0.717, 1.165) is 11.1 Å². The van der Waals surface area contributed by atoms with Crippen LogP contribution >= 0.6 is 0 Å². The van der Waals surface area contributed by atoms with Crippen LogP contribution in [-0.2, 0) is 28.2 Å². The van der Waals surface area contributed by atoms with E-state index in [1.807, 2.05) is 25.1 Å². The van der Waals surface area contributed by atoms with Gasteiger partial charge < -0.3 is 19.9 Å². The highest BCUT2D eigenvalue weighted by Crippen LogP contribution is 2.44. The highest BCUT2D eigenvalue weighted by Gasteiger charge is 2.45. The van der Waals surface area contributed by atoms with Crippen LogP contribution in [-0.4, -0.2) is 35.6 Å². The molecule has 198 valence electrons. The Labute approximate surface area is 213 Å². The maximum atomic E-state index is 13.3. The molecule has 0 saturated heterocycles. The van der Waals surface area contributed by atoms with E-state index in [-0.39, 0.29) is 18.1 Å². The lowest BCUT2D eigenvalue weighted by Gasteiger charge is -2.46. The Morgan fingerprint density at radius 2 is 1.61 bits per heavy atom. The number of rotatable bonds is 9. The van der Waals surface area contributed by atoms with Gasteiger partial charge in [0.1, 0.15) is 19.0 Å². The molecule has 2 aromatic rings. The Bertz CT molecular complexity index is 976. The Morgan fingerprint density at radius 3 is 2.11 bits per heavy atom. The zero-order valence-corrected chi connectivity index (χ0v) is 21.8. The number of aliphatic hydroxyl groups excluding tert-OH is 1. The van der Waals surface area contributed by atoms with Crippen LogP contribution in [0.3, 0.4) is 0 Å². The number of aliphatic hydroxyl groups is 1. The smallest absolute Gasteiger partial charge is 0.408 e. The van der Waals surface area contributed by atoms with E-state index in [9.17, 15) is 18.7 Å². The predicted molar refractivity (Wildman–Crippen MR) is 136 cm³/mol. The summed E-state index contributed by atoms with van der Waals surface area (Å²) >= 11 is 0. The highest BCUT2D eigenvalue weighted by molar-refractivity contribution is 5.69. The SMILES string of the molecule is C[C@@H](OCC1(c2ccccc2)CCC(CO)(NC(=O)OC(C)(C)C)CC1)c1cc(CF)cc(CF)c1. The number of halogens is 2. The van der Waals surface area contributed by atoms with Crippen molar-refractivity contribution in [2.24, 2.45) is 0 Å². The molecule has 1 fully saturated rings. The Kier molecular flexibility index (Phi) is 9.12. The number of amides is 1. The summed E-state index contributed by atoms with van der Waals surface area (Å²) in [5.41, 5.74) is 1.02. The lowest BCUT2D eigenvalue weighted by Crippen LogP contribution is -2.57. The summed E-state index contributed by atoms with van der Waals surface area (Å²) in [5.74, 6) is 0. The number of benzene rings is 2. The minimum atomic E-state index is -0.766. The molecule has 1 atom stereocenters. The first-order chi connectivity index (χ1) is 17.0. The fourth-order valence-electron chi connectivity index (χ4n) is 4.92. The van der Waals surface area contributed by atoms with E-state index in [1.165, 1.54) is 6.07 Å². The lowest BCUT2D eigenvalue weighted by atomic mass is 9.64. The topological polar surface area (TPSA) is 67.8 Å². The molecule has 2 aromatic carbocycles. The number of alkyl carbamates (subject to hydrolysis) is 1. The summed E-state index contributed by atoms with van der Waals surface area (Å²) < 4.78 is 38.4. The first-order valence-corrected chi connectivity index (χ1v) is 12.6. The maximum absolute atomic E-state index is 13.3. The summed E-state index contributed by atoms with van der Waals surface area (Å²) in [5, 5.41) is 13.2. The van der Waals surface area contributed by atoms with Crippen LogP contribution in [0.4, 0.5) is 13.6 Å². The number of hydrogen-bond acceptors (Lipinski definition) is 4. The van der Waals surface area contributed by atoms with Crippen molar-refractivity contribution in [1.82, 2.24) is 5.32 Å². The zero-order chi connectivity index (χ0) is 26.4. The molecule has 0 radical (unpaired) electrons. The number of alkyl halides is 2. The van der Waals surface area contributed by atoms with E-state index in [0.29, 0.717) is 43.4 Å². The van der Waals surface area contributed by atoms with E-state index in [4.69, 9.17) is 9.47 Å². The number of ether oxygens (including phenoxy) is 2. The molecular formula is C29H39F2NO4. The molecule has 1 aliphatic rings. The van der Waals surface area contributed by atoms with Crippen molar-refractivity contribution in [2.45, 2.75) is 89.4 Å². The van der Waals surface area contributed by atoms with Gasteiger partial charge in [-0.05, 0) is 75.6 Å². The molecule has 0 heterocycles. The standard InChI is InChI=1S/C29H39F2NO4/c1-21(24-15-22(17-30)14-23(16-24)18-31)35-20-28(25-8-6-5-7-9-25)10-12-29(19-33,13-11-28)32-26(34)36-27(2,3)4/h5-9,14-16,21,33H,10-13,17-20H2,1-4H3,(H,32,34)/t21-,28?,29?/m1/s1. The summed E-state index contributed by atoms with van der Waals surface area (Å²) in [4.78, 5) is 12.5. The van der Waals surface area contributed by atoms with Crippen molar-refractivity contribution in [3.05, 3.63) is 70.8 Å². The van der Waals surface area contributed by atoms with Crippen LogP contribution in [0.2, 0.25) is 0 Å². The average Bonchev–Trinajstić information content (AvgIpc) is 2.87. The molecule has 1 saturated carbocycles. The van der Waals surface area contributed by atoms with Gasteiger partial charge in [-0.15, -0.1) is 0 Å². The van der Waals surface area contributed by atoms with Crippen LogP contribution in [0.15, 0.2) is 48.5 Å². The third-order valence-electron chi connectivity index (χ3n) is 7.08. The molecule has 0 aromatic heterocycles. The van der Waals surface area contributed by atoms with Crippen molar-refractivity contribution in [2.75, 3.05) is 13.2 Å². The van der Waals surface area contributed by atoms with E-state index >= 15 is 0 Å². The van der Waals surface area contributed by atoms with Gasteiger partial charge in [-0.1, -0.05) is 48.5 Å². The van der Waals surface area contributed by atoms with Crippen LogP contribution in [0.1, 0.15) is 81.7 Å². The van der Waals surface area contributed by atoms with Crippen LogP contribution in [0.5, 0.6) is 0 Å². The largest absolute Gasteiger partial charge is 0.444 e. The Hall–Kier alpha value is -2.51. The van der Waals surface area contributed by atoms with E-state index in [1.54, 1.807) is 32.9 Å². The predicted octanol–water partition coefficient (Wildman–Crippen LogP) is 6.47. The third-order valence-corrected chi connectivity index (χ3v) is 7.08. The van der Waals surface area contributed by atoms with Gasteiger partial charge in [0, 0.05) is 5.41 Å². The van der Waals surface area contributed by atoms with Crippen LogP contribution < -0.4 is 5.32 Å². The van der Waals surface area contributed by atoms with Crippen molar-refractivity contribution in [3.63, 3.8) is 0 Å². The first kappa shape index (κ1) is 28.1. The Balaban J connectivity index is 1.78. The molecule has 1 aliphatic carbocycles. The molecule has 36 heavy (non-hydrogen) atoms. The molecule has 0 spiro atoms. The molecule has 2 N–H and O–H groups in total. The van der Waals surface area contributed by atoms with Gasteiger partial charge in [0.15, 0.2) is 0 Å². The quantitative estimate of drug-likeness (QED) is 0.412. The van der Waals surface area contributed by atoms with Gasteiger partial charge in [-0.2, -0.15) is 0 Å². The minimum absolute atomic E-state index is 0.184. The second-order valence-corrected chi connectivity index (χ2v) is 11.0. The Morgan fingerprint density at radius 1 is 1.03 bits per heavy atom. The number of hydrogen-bond donors (Lipinski definition) is 2. The van der Waals surface area contributed by atoms with Gasteiger partial charge in [-0.3, -0.25) is 0 Å². The monoisotopic (exact) mass is 503 g/mol. The summed E-state index contributed by atoms with van der Waals surface area (Å²) in [7, 11) is 0. The molecule has 1 amide bonds. The first-order valence-electron chi connectivity index (χ1n) is 12.6. The van der Waals surface area contributed by atoms with Gasteiger partial charge in [0.25, 0.3) is 0 Å². The third kappa shape index (κ3) is 7.04. The fraction of sp³-hybridized carbons (Fsp3) is 0.552. The second-order valence-electron chi connectivity index (χ2n) is 11.0. The normalized spacial score (nSPS) is 23.2. The second kappa shape index (κ2) is 11.7. The number of carbonyl (C=O) groups is 1. The van der Waals surface area contributed by atoms with Gasteiger partial charge in [-0.25, -0.2) is 13.6 Å². The lowest BCUT2D eigenvalue weighted by molar-refractivity contribution is -0.00747. The fourth-order valence-corrected chi connectivity index (χ4v) is 4.92. The molecule has 0 unspecified atom stereocenters. The average molecular weight is 504 g/mol. The number of nitrogens with one attached hydrogen (secondary N) is 1. The van der Waals surface area contributed by atoms with Crippen molar-refractivity contribution in [3.8, 4) is 0 Å². The van der Waals surface area contributed by atoms with E-state index < -0.39 is 30.6 Å².